The third-order valence-corrected chi connectivity index (χ3v) is 5.09. The predicted octanol–water partition coefficient (Wildman–Crippen LogP) is 2.25. The van der Waals surface area contributed by atoms with E-state index in [0.29, 0.717) is 25.8 Å². The molecule has 1 unspecified atom stereocenters. The lowest BCUT2D eigenvalue weighted by Gasteiger charge is -2.35. The number of amides is 2. The normalized spacial score (nSPS) is 22.1. The highest BCUT2D eigenvalue weighted by atomic mass is 32.1. The number of hydrogen-bond donors (Lipinski definition) is 1. The van der Waals surface area contributed by atoms with E-state index in [-0.39, 0.29) is 17.9 Å². The van der Waals surface area contributed by atoms with Gasteiger partial charge < -0.3 is 10.2 Å². The van der Waals surface area contributed by atoms with Crippen LogP contribution in [-0.2, 0) is 16.1 Å². The van der Waals surface area contributed by atoms with Crippen LogP contribution in [0, 0.1) is 6.92 Å². The van der Waals surface area contributed by atoms with Crippen molar-refractivity contribution in [3.63, 3.8) is 0 Å². The van der Waals surface area contributed by atoms with Crippen molar-refractivity contribution in [2.75, 3.05) is 0 Å². The van der Waals surface area contributed by atoms with Gasteiger partial charge in [-0.25, -0.2) is 4.98 Å². The van der Waals surface area contributed by atoms with Crippen LogP contribution >= 0.6 is 11.3 Å². The summed E-state index contributed by atoms with van der Waals surface area (Å²) in [5, 5.41) is 5.92. The predicted molar refractivity (Wildman–Crippen MR) is 82.9 cm³/mol. The van der Waals surface area contributed by atoms with E-state index in [0.717, 1.165) is 10.7 Å². The smallest absolute Gasteiger partial charge is 0.248 e. The van der Waals surface area contributed by atoms with Gasteiger partial charge in [-0.2, -0.15) is 0 Å². The van der Waals surface area contributed by atoms with Gasteiger partial charge in [-0.1, -0.05) is 13.8 Å². The second kappa shape index (κ2) is 6.13. The number of carbonyl (C=O) groups excluding carboxylic acids is 2. The molecule has 116 valence electrons. The van der Waals surface area contributed by atoms with Crippen LogP contribution in [0.1, 0.15) is 50.7 Å². The van der Waals surface area contributed by atoms with Gasteiger partial charge in [-0.3, -0.25) is 9.59 Å². The molecule has 1 aromatic heterocycles. The highest BCUT2D eigenvalue weighted by molar-refractivity contribution is 7.09. The molecule has 0 bridgehead atoms. The topological polar surface area (TPSA) is 62.3 Å². The van der Waals surface area contributed by atoms with E-state index in [2.05, 4.69) is 10.3 Å². The molecule has 1 N–H and O–H groups in total. The maximum absolute atomic E-state index is 13.0. The minimum atomic E-state index is -0.771. The van der Waals surface area contributed by atoms with E-state index in [9.17, 15) is 9.59 Å². The molecule has 0 spiro atoms. The van der Waals surface area contributed by atoms with Gasteiger partial charge in [0.1, 0.15) is 5.54 Å². The zero-order chi connectivity index (χ0) is 15.6. The Balaban J connectivity index is 2.32. The van der Waals surface area contributed by atoms with E-state index in [1.54, 1.807) is 16.2 Å². The Labute approximate surface area is 129 Å². The summed E-state index contributed by atoms with van der Waals surface area (Å²) in [5.41, 5.74) is 0.126. The zero-order valence-electron chi connectivity index (χ0n) is 13.1. The first-order valence-corrected chi connectivity index (χ1v) is 8.33. The molecule has 6 heteroatoms. The molecule has 0 aromatic carbocycles. The number of aromatic nitrogens is 1. The molecular weight excluding hydrogens is 286 g/mol. The summed E-state index contributed by atoms with van der Waals surface area (Å²) in [6.07, 6.45) is 1.55. The van der Waals surface area contributed by atoms with Crippen molar-refractivity contribution in [3.05, 3.63) is 16.1 Å². The number of hydrogen-bond acceptors (Lipinski definition) is 4. The van der Waals surface area contributed by atoms with Crippen molar-refractivity contribution in [1.82, 2.24) is 15.2 Å². The molecule has 0 aliphatic carbocycles. The quantitative estimate of drug-likeness (QED) is 0.928. The van der Waals surface area contributed by atoms with Crippen molar-refractivity contribution >= 4 is 23.2 Å². The van der Waals surface area contributed by atoms with Crippen LogP contribution in [0.3, 0.4) is 0 Å². The Morgan fingerprint density at radius 1 is 1.43 bits per heavy atom. The van der Waals surface area contributed by atoms with Crippen LogP contribution in [0.15, 0.2) is 5.38 Å². The van der Waals surface area contributed by atoms with Crippen LogP contribution in [-0.4, -0.2) is 33.3 Å². The minimum absolute atomic E-state index is 0.0107. The largest absolute Gasteiger partial charge is 0.342 e. The summed E-state index contributed by atoms with van der Waals surface area (Å²) in [4.78, 5) is 31.3. The molecule has 0 saturated carbocycles. The highest BCUT2D eigenvalue weighted by Crippen LogP contribution is 2.26. The van der Waals surface area contributed by atoms with Crippen LogP contribution < -0.4 is 5.32 Å². The van der Waals surface area contributed by atoms with Gasteiger partial charge in [-0.15, -0.1) is 11.3 Å². The number of thiazole rings is 1. The van der Waals surface area contributed by atoms with Gasteiger partial charge in [0.15, 0.2) is 0 Å². The van der Waals surface area contributed by atoms with E-state index in [4.69, 9.17) is 0 Å². The Morgan fingerprint density at radius 3 is 2.62 bits per heavy atom. The van der Waals surface area contributed by atoms with Gasteiger partial charge in [0.05, 0.1) is 17.2 Å². The minimum Gasteiger partial charge on any atom is -0.342 e. The lowest BCUT2D eigenvalue weighted by atomic mass is 9.91. The van der Waals surface area contributed by atoms with Crippen LogP contribution in [0.5, 0.6) is 0 Å². The molecule has 2 heterocycles. The van der Waals surface area contributed by atoms with Crippen molar-refractivity contribution in [1.29, 1.82) is 0 Å². The number of carbonyl (C=O) groups is 2. The van der Waals surface area contributed by atoms with Crippen molar-refractivity contribution in [2.24, 2.45) is 0 Å². The molecule has 1 aromatic rings. The average Bonchev–Trinajstić information content (AvgIpc) is 2.83. The van der Waals surface area contributed by atoms with Crippen LogP contribution in [0.2, 0.25) is 0 Å². The monoisotopic (exact) mass is 309 g/mol. The van der Waals surface area contributed by atoms with Gasteiger partial charge in [0, 0.05) is 17.8 Å². The number of aryl methyl sites for hydroxylation is 1. The third-order valence-electron chi connectivity index (χ3n) is 4.27. The Morgan fingerprint density at radius 2 is 2.10 bits per heavy atom. The molecule has 0 radical (unpaired) electrons. The molecule has 1 saturated heterocycles. The molecule has 21 heavy (non-hydrogen) atoms. The molecule has 2 amide bonds. The van der Waals surface area contributed by atoms with Crippen molar-refractivity contribution in [2.45, 2.75) is 65.1 Å². The fraction of sp³-hybridized carbons (Fsp3) is 0.667. The maximum Gasteiger partial charge on any atom is 0.248 e. The number of rotatable bonds is 4. The molecule has 5 nitrogen and oxygen atoms in total. The maximum atomic E-state index is 13.0. The molecule has 1 aliphatic rings. The SMILES string of the molecule is CCC1(CC)NC(=O)CC(C)N(Cc2csc(C)n2)C1=O. The first-order chi connectivity index (χ1) is 9.91. The third kappa shape index (κ3) is 3.10. The first kappa shape index (κ1) is 15.9. The fourth-order valence-electron chi connectivity index (χ4n) is 2.84. The zero-order valence-corrected chi connectivity index (χ0v) is 13.9. The lowest BCUT2D eigenvalue weighted by Crippen LogP contribution is -2.56. The van der Waals surface area contributed by atoms with E-state index in [1.807, 2.05) is 33.1 Å². The summed E-state index contributed by atoms with van der Waals surface area (Å²) in [7, 11) is 0. The summed E-state index contributed by atoms with van der Waals surface area (Å²) >= 11 is 1.58. The Bertz CT molecular complexity index is 537. The standard InChI is InChI=1S/C15H23N3O2S/c1-5-15(6-2)14(20)18(10(3)7-13(19)17-15)8-12-9-21-11(4)16-12/h9-10H,5-8H2,1-4H3,(H,17,19). The molecule has 1 aliphatic heterocycles. The lowest BCUT2D eigenvalue weighted by molar-refractivity contribution is -0.141. The fourth-order valence-corrected chi connectivity index (χ4v) is 3.44. The summed E-state index contributed by atoms with van der Waals surface area (Å²) in [6, 6.07) is -0.112. The van der Waals surface area contributed by atoms with Gasteiger partial charge >= 0.3 is 0 Å². The number of nitrogens with one attached hydrogen (secondary N) is 1. The van der Waals surface area contributed by atoms with E-state index >= 15 is 0 Å². The van der Waals surface area contributed by atoms with Crippen LogP contribution in [0.25, 0.3) is 0 Å². The summed E-state index contributed by atoms with van der Waals surface area (Å²) in [6.45, 7) is 8.25. The average molecular weight is 309 g/mol. The second-order valence-corrected chi connectivity index (χ2v) is 6.74. The summed E-state index contributed by atoms with van der Waals surface area (Å²) < 4.78 is 0. The Kier molecular flexibility index (Phi) is 4.66. The molecule has 2 rings (SSSR count). The highest BCUT2D eigenvalue weighted by Gasteiger charge is 2.44. The number of nitrogens with zero attached hydrogens (tertiary/aromatic N) is 2. The molecule has 1 atom stereocenters. The van der Waals surface area contributed by atoms with E-state index < -0.39 is 5.54 Å². The van der Waals surface area contributed by atoms with Gasteiger partial charge in [-0.05, 0) is 26.7 Å². The summed E-state index contributed by atoms with van der Waals surface area (Å²) in [5.74, 6) is -0.0342. The molecular formula is C15H23N3O2S. The van der Waals surface area contributed by atoms with Crippen molar-refractivity contribution in [3.8, 4) is 0 Å². The molecule has 1 fully saturated rings. The van der Waals surface area contributed by atoms with Crippen LogP contribution in [0.4, 0.5) is 0 Å². The first-order valence-electron chi connectivity index (χ1n) is 7.45. The van der Waals surface area contributed by atoms with E-state index in [1.165, 1.54) is 0 Å². The Hall–Kier alpha value is -1.43. The van der Waals surface area contributed by atoms with Gasteiger partial charge in [0.2, 0.25) is 11.8 Å². The van der Waals surface area contributed by atoms with Crippen molar-refractivity contribution < 1.29 is 9.59 Å². The second-order valence-electron chi connectivity index (χ2n) is 5.68. The van der Waals surface area contributed by atoms with Gasteiger partial charge in [0.25, 0.3) is 0 Å².